The van der Waals surface area contributed by atoms with E-state index in [-0.39, 0.29) is 6.54 Å². The van der Waals surface area contributed by atoms with Gasteiger partial charge in [0.1, 0.15) is 24.5 Å². The van der Waals surface area contributed by atoms with Gasteiger partial charge in [-0.05, 0) is 5.56 Å². The normalized spacial score (nSPS) is 11.8. The predicted molar refractivity (Wildman–Crippen MR) is 76.3 cm³/mol. The van der Waals surface area contributed by atoms with E-state index in [1.54, 1.807) is 30.3 Å². The first-order valence-electron chi connectivity index (χ1n) is 7.24. The van der Waals surface area contributed by atoms with E-state index in [1.165, 1.54) is 10.8 Å². The molecule has 9 heteroatoms. The molecule has 0 saturated carbocycles. The van der Waals surface area contributed by atoms with Gasteiger partial charge in [0.25, 0.3) is 0 Å². The van der Waals surface area contributed by atoms with Crippen molar-refractivity contribution >= 4 is 0 Å². The minimum Gasteiger partial charge on any atom is -0.232 e. The molecule has 0 aliphatic heterocycles. The molecule has 0 aliphatic rings. The van der Waals surface area contributed by atoms with Crippen molar-refractivity contribution in [2.24, 2.45) is 0 Å². The number of rotatable bonds is 3. The van der Waals surface area contributed by atoms with E-state index in [4.69, 9.17) is 0 Å². The number of aromatic nitrogens is 2. The van der Waals surface area contributed by atoms with Crippen LogP contribution in [0, 0.1) is 23.3 Å². The summed E-state index contributed by atoms with van der Waals surface area (Å²) in [4.78, 5) is 0. The maximum atomic E-state index is 14.0. The van der Waals surface area contributed by atoms with Gasteiger partial charge >= 0.3 is 6.18 Å². The summed E-state index contributed by atoms with van der Waals surface area (Å²) < 4.78 is 95.5. The van der Waals surface area contributed by atoms with E-state index < -0.39 is 40.7 Å². The fraction of sp³-hybridized carbons (Fsp3) is 0.118. The molecule has 0 unspecified atom stereocenters. The summed E-state index contributed by atoms with van der Waals surface area (Å²) in [6.07, 6.45) is -2.02. The minimum atomic E-state index is -5.57. The maximum Gasteiger partial charge on any atom is 0.422 e. The van der Waals surface area contributed by atoms with Crippen molar-refractivity contribution in [3.05, 3.63) is 83.4 Å². The van der Waals surface area contributed by atoms with Crippen LogP contribution in [-0.4, -0.2) is 4.57 Å². The van der Waals surface area contributed by atoms with Crippen LogP contribution in [0.3, 0.4) is 0 Å². The molecule has 0 saturated heterocycles. The molecule has 2 aromatic carbocycles. The monoisotopic (exact) mass is 375 g/mol. The first-order chi connectivity index (χ1) is 12.2. The second-order valence-corrected chi connectivity index (χ2v) is 5.46. The quantitative estimate of drug-likeness (QED) is 0.365. The third kappa shape index (κ3) is 3.16. The fourth-order valence-corrected chi connectivity index (χ4v) is 2.51. The number of imidazole rings is 1. The van der Waals surface area contributed by atoms with E-state index in [1.807, 2.05) is 0 Å². The average molecular weight is 375 g/mol. The Morgan fingerprint density at radius 3 is 1.96 bits per heavy atom. The van der Waals surface area contributed by atoms with E-state index in [0.29, 0.717) is 4.57 Å². The number of halogens is 7. The molecule has 0 N–H and O–H groups in total. The van der Waals surface area contributed by atoms with Gasteiger partial charge in [0.15, 0.2) is 11.6 Å². The molecule has 136 valence electrons. The van der Waals surface area contributed by atoms with Gasteiger partial charge in [-0.25, -0.2) is 13.3 Å². The van der Waals surface area contributed by atoms with Gasteiger partial charge < -0.3 is 0 Å². The summed E-state index contributed by atoms with van der Waals surface area (Å²) in [6, 6.07) is 8.89. The largest absolute Gasteiger partial charge is 0.422 e. The molecule has 0 atom stereocenters. The second-order valence-electron chi connectivity index (χ2n) is 5.46. The lowest BCUT2D eigenvalue weighted by Gasteiger charge is -2.12. The predicted octanol–water partition coefficient (Wildman–Crippen LogP) is 4.39. The number of hydrogen-bond donors (Lipinski definition) is 0. The number of hydrogen-bond acceptors (Lipinski definition) is 0. The zero-order valence-corrected chi connectivity index (χ0v) is 12.9. The molecular formula is C17H10F7N2+. The van der Waals surface area contributed by atoms with Gasteiger partial charge in [-0.2, -0.15) is 26.5 Å². The van der Waals surface area contributed by atoms with Crippen LogP contribution in [0.2, 0.25) is 0 Å². The molecule has 0 radical (unpaired) electrons. The van der Waals surface area contributed by atoms with Gasteiger partial charge in [-0.1, -0.05) is 30.3 Å². The molecular weight excluding hydrogens is 365 g/mol. The Bertz CT molecular complexity index is 917. The topological polar surface area (TPSA) is 8.81 Å². The Balaban J connectivity index is 2.06. The van der Waals surface area contributed by atoms with Crippen LogP contribution in [0.25, 0.3) is 5.69 Å². The molecule has 0 bridgehead atoms. The van der Waals surface area contributed by atoms with Gasteiger partial charge in [-0.3, -0.25) is 0 Å². The van der Waals surface area contributed by atoms with Gasteiger partial charge in [0.2, 0.25) is 23.6 Å². The molecule has 0 amide bonds. The molecule has 26 heavy (non-hydrogen) atoms. The van der Waals surface area contributed by atoms with Crippen molar-refractivity contribution in [2.75, 3.05) is 0 Å². The van der Waals surface area contributed by atoms with Crippen molar-refractivity contribution in [3.8, 4) is 5.69 Å². The summed E-state index contributed by atoms with van der Waals surface area (Å²) in [7, 11) is 0. The Hall–Kier alpha value is -2.84. The van der Waals surface area contributed by atoms with Crippen molar-refractivity contribution < 1.29 is 35.3 Å². The van der Waals surface area contributed by atoms with E-state index in [0.717, 1.165) is 18.1 Å². The van der Waals surface area contributed by atoms with Crippen LogP contribution in [0.15, 0.2) is 49.1 Å². The zero-order chi connectivity index (χ0) is 19.1. The molecule has 3 rings (SSSR count). The van der Waals surface area contributed by atoms with E-state index in [9.17, 15) is 30.7 Å². The highest BCUT2D eigenvalue weighted by molar-refractivity contribution is 5.41. The van der Waals surface area contributed by atoms with Crippen LogP contribution in [0.1, 0.15) is 11.1 Å². The zero-order valence-electron chi connectivity index (χ0n) is 12.9. The molecule has 1 heterocycles. The van der Waals surface area contributed by atoms with Crippen LogP contribution in [-0.2, 0) is 12.7 Å². The Morgan fingerprint density at radius 1 is 0.846 bits per heavy atom. The number of nitrogens with zero attached hydrogens (tertiary/aromatic N) is 2. The average Bonchev–Trinajstić information content (AvgIpc) is 3.01. The first kappa shape index (κ1) is 18.0. The highest BCUT2D eigenvalue weighted by Gasteiger charge is 2.43. The Labute approximate surface area is 142 Å². The van der Waals surface area contributed by atoms with Crippen LogP contribution in [0.4, 0.5) is 30.7 Å². The third-order valence-electron chi connectivity index (χ3n) is 3.68. The SMILES string of the molecule is Fc1c(F)c(C(F)(F)F)c(F)c(F)c1-n1cc[n+](Cc2ccccc2)c1. The molecule has 3 aromatic rings. The first-order valence-corrected chi connectivity index (χ1v) is 7.24. The van der Waals surface area contributed by atoms with Crippen LogP contribution >= 0.6 is 0 Å². The summed E-state index contributed by atoms with van der Waals surface area (Å²) >= 11 is 0. The van der Waals surface area contributed by atoms with Crippen molar-refractivity contribution in [1.82, 2.24) is 4.57 Å². The van der Waals surface area contributed by atoms with Crippen LogP contribution < -0.4 is 4.57 Å². The van der Waals surface area contributed by atoms with E-state index in [2.05, 4.69) is 0 Å². The maximum absolute atomic E-state index is 14.0. The lowest BCUT2D eigenvalue weighted by Crippen LogP contribution is -2.31. The standard InChI is InChI=1S/C17H10F7N2/c18-12-11(17(22,23)24)13(19)15(21)16(14(12)20)26-7-6-25(9-26)8-10-4-2-1-3-5-10/h1-7,9H,8H2/q+1. The fourth-order valence-electron chi connectivity index (χ4n) is 2.51. The Morgan fingerprint density at radius 2 is 1.42 bits per heavy atom. The lowest BCUT2D eigenvalue weighted by molar-refractivity contribution is -0.687. The Kier molecular flexibility index (Phi) is 4.47. The molecule has 0 spiro atoms. The number of benzene rings is 2. The van der Waals surface area contributed by atoms with Gasteiger partial charge in [-0.15, -0.1) is 0 Å². The summed E-state index contributed by atoms with van der Waals surface area (Å²) in [5, 5.41) is 0. The van der Waals surface area contributed by atoms with Gasteiger partial charge in [0, 0.05) is 0 Å². The molecule has 2 nitrogen and oxygen atoms in total. The minimum absolute atomic E-state index is 0.280. The number of alkyl halides is 3. The van der Waals surface area contributed by atoms with Crippen LogP contribution in [0.5, 0.6) is 0 Å². The van der Waals surface area contributed by atoms with Crippen molar-refractivity contribution in [2.45, 2.75) is 12.7 Å². The molecule has 1 aromatic heterocycles. The smallest absolute Gasteiger partial charge is 0.232 e. The van der Waals surface area contributed by atoms with E-state index >= 15 is 0 Å². The van der Waals surface area contributed by atoms with Crippen molar-refractivity contribution in [3.63, 3.8) is 0 Å². The molecule has 0 fully saturated rings. The van der Waals surface area contributed by atoms with Gasteiger partial charge in [0.05, 0.1) is 0 Å². The second kappa shape index (κ2) is 6.47. The lowest BCUT2D eigenvalue weighted by atomic mass is 10.1. The summed E-state index contributed by atoms with van der Waals surface area (Å²) in [6.45, 7) is 0.280. The third-order valence-corrected chi connectivity index (χ3v) is 3.68. The highest BCUT2D eigenvalue weighted by atomic mass is 19.4. The highest BCUT2D eigenvalue weighted by Crippen LogP contribution is 2.37. The molecule has 0 aliphatic carbocycles. The summed E-state index contributed by atoms with van der Waals surface area (Å²) in [5.41, 5.74) is -3.03. The summed E-state index contributed by atoms with van der Waals surface area (Å²) in [5.74, 6) is -9.23. The van der Waals surface area contributed by atoms with Crippen molar-refractivity contribution in [1.29, 1.82) is 0 Å².